The number of aryl methyl sites for hydroxylation is 2. The lowest BCUT2D eigenvalue weighted by Crippen LogP contribution is -2.04. The average molecular weight is 353 g/mol. The van der Waals surface area contributed by atoms with Gasteiger partial charge in [0.25, 0.3) is 0 Å². The topological polar surface area (TPSA) is 36.3 Å². The van der Waals surface area contributed by atoms with Crippen LogP contribution in [0.1, 0.15) is 30.8 Å². The second-order valence-corrected chi connectivity index (χ2v) is 5.30. The zero-order chi connectivity index (χ0) is 15.2. The minimum Gasteiger partial charge on any atom is -0.490 e. The van der Waals surface area contributed by atoms with Crippen molar-refractivity contribution in [2.75, 3.05) is 6.61 Å². The van der Waals surface area contributed by atoms with Crippen molar-refractivity contribution < 1.29 is 9.47 Å². The molecule has 0 radical (unpaired) electrons. The van der Waals surface area contributed by atoms with E-state index in [0.717, 1.165) is 34.6 Å². The van der Waals surface area contributed by atoms with E-state index in [-0.39, 0.29) is 0 Å². The molecule has 0 amide bonds. The lowest BCUT2D eigenvalue weighted by atomic mass is 10.2. The summed E-state index contributed by atoms with van der Waals surface area (Å²) in [7, 11) is 1.94. The molecule has 1 aromatic carbocycles. The molecule has 2 aromatic rings. The van der Waals surface area contributed by atoms with Gasteiger partial charge in [-0.3, -0.25) is 4.68 Å². The number of aromatic nitrogens is 2. The molecule has 21 heavy (non-hydrogen) atoms. The predicted molar refractivity (Wildman–Crippen MR) is 87.2 cm³/mol. The van der Waals surface area contributed by atoms with Crippen LogP contribution in [0.4, 0.5) is 0 Å². The molecule has 0 spiro atoms. The summed E-state index contributed by atoms with van der Waals surface area (Å²) in [6.45, 7) is 5.17. The van der Waals surface area contributed by atoms with Gasteiger partial charge in [-0.15, -0.1) is 0 Å². The Labute approximate surface area is 134 Å². The Hall–Kier alpha value is -1.49. The maximum atomic E-state index is 5.91. The van der Waals surface area contributed by atoms with Crippen molar-refractivity contribution in [2.24, 2.45) is 7.05 Å². The summed E-state index contributed by atoms with van der Waals surface area (Å²) in [6, 6.07) is 8.08. The maximum Gasteiger partial charge on any atom is 0.161 e. The number of nitrogens with zero attached hydrogens (tertiary/aromatic N) is 2. The second kappa shape index (κ2) is 7.50. The Bertz CT molecular complexity index is 596. The number of hydrogen-bond acceptors (Lipinski definition) is 3. The van der Waals surface area contributed by atoms with Gasteiger partial charge in [-0.05, 0) is 37.1 Å². The molecule has 5 heteroatoms. The first kappa shape index (κ1) is 15.9. The summed E-state index contributed by atoms with van der Waals surface area (Å²) < 4.78 is 13.4. The number of halogens is 1. The molecule has 1 aromatic heterocycles. The fraction of sp³-hybridized carbons (Fsp3) is 0.438. The lowest BCUT2D eigenvalue weighted by molar-refractivity contribution is 0.262. The van der Waals surface area contributed by atoms with Crippen LogP contribution < -0.4 is 9.47 Å². The van der Waals surface area contributed by atoms with Crippen molar-refractivity contribution >= 4 is 15.9 Å². The lowest BCUT2D eigenvalue weighted by Gasteiger charge is -2.13. The van der Waals surface area contributed by atoms with Gasteiger partial charge in [0, 0.05) is 12.4 Å². The van der Waals surface area contributed by atoms with Gasteiger partial charge in [-0.2, -0.15) is 5.10 Å². The Kier molecular flexibility index (Phi) is 5.67. The Morgan fingerprint density at radius 1 is 1.14 bits per heavy atom. The second-order valence-electron chi connectivity index (χ2n) is 4.74. The molecule has 2 rings (SSSR count). The Morgan fingerprint density at radius 3 is 2.57 bits per heavy atom. The fourth-order valence-corrected chi connectivity index (χ4v) is 2.40. The summed E-state index contributed by atoms with van der Waals surface area (Å²) in [5.41, 5.74) is 3.30. The van der Waals surface area contributed by atoms with Crippen LogP contribution in [0.3, 0.4) is 0 Å². The number of benzene rings is 1. The van der Waals surface area contributed by atoms with Gasteiger partial charge in [-0.25, -0.2) is 0 Å². The molecular weight excluding hydrogens is 332 g/mol. The molecule has 0 unspecified atom stereocenters. The Morgan fingerprint density at radius 2 is 1.95 bits per heavy atom. The summed E-state index contributed by atoms with van der Waals surface area (Å²) >= 11 is 3.46. The standard InChI is InChI=1S/C16H21BrN2O2/c1-4-13-9-14(19(3)18-13)11-21-15-7-6-12(10-17)8-16(15)20-5-2/h6-9H,4-5,10-11H2,1-3H3. The van der Waals surface area contributed by atoms with E-state index >= 15 is 0 Å². The average Bonchev–Trinajstić information content (AvgIpc) is 2.86. The SMILES string of the molecule is CCOc1cc(CBr)ccc1OCc1cc(CC)nn1C. The highest BCUT2D eigenvalue weighted by Crippen LogP contribution is 2.30. The molecule has 4 nitrogen and oxygen atoms in total. The van der Waals surface area contributed by atoms with Crippen LogP contribution in [0, 0.1) is 0 Å². The minimum atomic E-state index is 0.483. The highest BCUT2D eigenvalue weighted by Gasteiger charge is 2.09. The van der Waals surface area contributed by atoms with Gasteiger partial charge >= 0.3 is 0 Å². The van der Waals surface area contributed by atoms with Gasteiger partial charge in [0.2, 0.25) is 0 Å². The van der Waals surface area contributed by atoms with Gasteiger partial charge in [-0.1, -0.05) is 28.9 Å². The Balaban J connectivity index is 2.13. The zero-order valence-electron chi connectivity index (χ0n) is 12.7. The number of alkyl halides is 1. The zero-order valence-corrected chi connectivity index (χ0v) is 14.3. The summed E-state index contributed by atoms with van der Waals surface area (Å²) in [6.07, 6.45) is 0.929. The fourth-order valence-electron chi connectivity index (χ4n) is 2.05. The van der Waals surface area contributed by atoms with E-state index in [0.29, 0.717) is 13.2 Å². The van der Waals surface area contributed by atoms with Crippen molar-refractivity contribution in [3.63, 3.8) is 0 Å². The molecular formula is C16H21BrN2O2. The van der Waals surface area contributed by atoms with Gasteiger partial charge in [0.05, 0.1) is 18.0 Å². The maximum absolute atomic E-state index is 5.91. The van der Waals surface area contributed by atoms with Crippen LogP contribution in [0.25, 0.3) is 0 Å². The van der Waals surface area contributed by atoms with Crippen LogP contribution in [-0.4, -0.2) is 16.4 Å². The van der Waals surface area contributed by atoms with Crippen LogP contribution in [0.15, 0.2) is 24.3 Å². The molecule has 1 heterocycles. The van der Waals surface area contributed by atoms with Crippen molar-refractivity contribution in [1.82, 2.24) is 9.78 Å². The van der Waals surface area contributed by atoms with Crippen LogP contribution >= 0.6 is 15.9 Å². The molecule has 0 aliphatic heterocycles. The quantitative estimate of drug-likeness (QED) is 0.710. The largest absolute Gasteiger partial charge is 0.490 e. The monoisotopic (exact) mass is 352 g/mol. The van der Waals surface area contributed by atoms with Crippen molar-refractivity contribution in [2.45, 2.75) is 32.2 Å². The van der Waals surface area contributed by atoms with E-state index in [1.807, 2.05) is 36.9 Å². The number of rotatable bonds is 7. The van der Waals surface area contributed by atoms with Gasteiger partial charge < -0.3 is 9.47 Å². The van der Waals surface area contributed by atoms with Crippen LogP contribution in [0.2, 0.25) is 0 Å². The van der Waals surface area contributed by atoms with E-state index in [9.17, 15) is 0 Å². The first-order chi connectivity index (χ1) is 10.2. The number of hydrogen-bond donors (Lipinski definition) is 0. The minimum absolute atomic E-state index is 0.483. The smallest absolute Gasteiger partial charge is 0.161 e. The molecule has 0 atom stereocenters. The summed E-state index contributed by atoms with van der Waals surface area (Å²) in [5.74, 6) is 1.55. The van der Waals surface area contributed by atoms with Gasteiger partial charge in [0.15, 0.2) is 11.5 Å². The van der Waals surface area contributed by atoms with E-state index in [1.54, 1.807) is 0 Å². The third-order valence-electron chi connectivity index (χ3n) is 3.23. The van der Waals surface area contributed by atoms with E-state index in [1.165, 1.54) is 5.56 Å². The molecule has 0 bridgehead atoms. The first-order valence-electron chi connectivity index (χ1n) is 7.14. The van der Waals surface area contributed by atoms with E-state index in [2.05, 4.69) is 34.0 Å². The highest BCUT2D eigenvalue weighted by atomic mass is 79.9. The van der Waals surface area contributed by atoms with Crippen LogP contribution in [-0.2, 0) is 25.4 Å². The molecule has 0 aliphatic rings. The summed E-state index contributed by atoms with van der Waals surface area (Å²) in [5, 5.41) is 5.23. The van der Waals surface area contributed by atoms with Crippen LogP contribution in [0.5, 0.6) is 11.5 Å². The van der Waals surface area contributed by atoms with Crippen molar-refractivity contribution in [3.05, 3.63) is 41.2 Å². The predicted octanol–water partition coefficient (Wildman–Crippen LogP) is 3.86. The van der Waals surface area contributed by atoms with Crippen molar-refractivity contribution in [3.8, 4) is 11.5 Å². The molecule has 0 aliphatic carbocycles. The van der Waals surface area contributed by atoms with Gasteiger partial charge in [0.1, 0.15) is 6.61 Å². The number of ether oxygens (including phenoxy) is 2. The van der Waals surface area contributed by atoms with E-state index in [4.69, 9.17) is 9.47 Å². The van der Waals surface area contributed by atoms with E-state index < -0.39 is 0 Å². The molecule has 114 valence electrons. The normalized spacial score (nSPS) is 10.7. The molecule has 0 saturated carbocycles. The third-order valence-corrected chi connectivity index (χ3v) is 3.87. The molecule has 0 N–H and O–H groups in total. The summed E-state index contributed by atoms with van der Waals surface area (Å²) in [4.78, 5) is 0. The molecule has 0 fully saturated rings. The first-order valence-corrected chi connectivity index (χ1v) is 8.26. The van der Waals surface area contributed by atoms with Crippen molar-refractivity contribution in [1.29, 1.82) is 0 Å². The third kappa shape index (κ3) is 4.00. The molecule has 0 saturated heterocycles. The highest BCUT2D eigenvalue weighted by molar-refractivity contribution is 9.08.